The molecule has 4 heteroatoms. The van der Waals surface area contributed by atoms with Gasteiger partial charge in [-0.1, -0.05) is 42.5 Å². The summed E-state index contributed by atoms with van der Waals surface area (Å²) in [7, 11) is 2.10. The lowest BCUT2D eigenvalue weighted by Gasteiger charge is -2.17. The van der Waals surface area contributed by atoms with Gasteiger partial charge < -0.3 is 10.2 Å². The van der Waals surface area contributed by atoms with Crippen LogP contribution in [-0.2, 0) is 5.75 Å². The molecule has 0 aromatic heterocycles. The van der Waals surface area contributed by atoms with Crippen molar-refractivity contribution >= 4 is 29.4 Å². The van der Waals surface area contributed by atoms with Gasteiger partial charge in [-0.3, -0.25) is 4.99 Å². The fourth-order valence-electron chi connectivity index (χ4n) is 2.50. The minimum absolute atomic E-state index is 0.163. The fourth-order valence-corrected chi connectivity index (χ4v) is 3.31. The van der Waals surface area contributed by atoms with Crippen LogP contribution in [0.2, 0.25) is 0 Å². The molecule has 0 aliphatic carbocycles. The van der Waals surface area contributed by atoms with Crippen molar-refractivity contribution in [2.45, 2.75) is 11.9 Å². The number of aliphatic imine (C=N–C) groups is 1. The molecule has 1 atom stereocenters. The highest BCUT2D eigenvalue weighted by Crippen LogP contribution is 2.31. The van der Waals surface area contributed by atoms with E-state index in [4.69, 9.17) is 0 Å². The zero-order chi connectivity index (χ0) is 15.2. The van der Waals surface area contributed by atoms with Crippen LogP contribution in [0, 0.1) is 0 Å². The van der Waals surface area contributed by atoms with E-state index < -0.39 is 0 Å². The molecule has 0 saturated carbocycles. The summed E-state index contributed by atoms with van der Waals surface area (Å²) in [6.07, 6.45) is 2.18. The third-order valence-corrected chi connectivity index (χ3v) is 4.74. The fraction of sp³-hybridized carbons (Fsp3) is 0.278. The zero-order valence-electron chi connectivity index (χ0n) is 12.8. The third kappa shape index (κ3) is 3.63. The predicted molar refractivity (Wildman–Crippen MR) is 98.2 cm³/mol. The van der Waals surface area contributed by atoms with Gasteiger partial charge in [-0.25, -0.2) is 0 Å². The summed E-state index contributed by atoms with van der Waals surface area (Å²) in [5.74, 6) is 2.11. The van der Waals surface area contributed by atoms with E-state index in [0.717, 1.165) is 18.1 Å². The van der Waals surface area contributed by atoms with E-state index in [9.17, 15) is 0 Å². The molecule has 3 nitrogen and oxygen atoms in total. The number of hydrogen-bond acceptors (Lipinski definition) is 4. The average molecular weight is 311 g/mol. The van der Waals surface area contributed by atoms with E-state index in [2.05, 4.69) is 76.9 Å². The Labute approximate surface area is 136 Å². The highest BCUT2D eigenvalue weighted by Gasteiger charge is 2.22. The summed E-state index contributed by atoms with van der Waals surface area (Å²) in [5.41, 5.74) is 3.79. The van der Waals surface area contributed by atoms with Crippen LogP contribution < -0.4 is 10.2 Å². The summed E-state index contributed by atoms with van der Waals surface area (Å²) >= 11 is 1.93. The number of hydrogen-bond donors (Lipinski definition) is 1. The van der Waals surface area contributed by atoms with Gasteiger partial charge >= 0.3 is 0 Å². The van der Waals surface area contributed by atoms with E-state index in [1.165, 1.54) is 16.9 Å². The summed E-state index contributed by atoms with van der Waals surface area (Å²) in [6.45, 7) is 0.861. The minimum atomic E-state index is 0.163. The molecule has 1 unspecified atom stereocenters. The maximum atomic E-state index is 4.57. The van der Waals surface area contributed by atoms with E-state index in [-0.39, 0.29) is 6.17 Å². The Morgan fingerprint density at radius 1 is 1.14 bits per heavy atom. The van der Waals surface area contributed by atoms with Crippen LogP contribution in [0.4, 0.5) is 11.4 Å². The first-order valence-electron chi connectivity index (χ1n) is 7.54. The largest absolute Gasteiger partial charge is 0.359 e. The van der Waals surface area contributed by atoms with Crippen molar-refractivity contribution < 1.29 is 0 Å². The van der Waals surface area contributed by atoms with Crippen molar-refractivity contribution in [3.63, 3.8) is 0 Å². The van der Waals surface area contributed by atoms with Gasteiger partial charge in [-0.05, 0) is 17.7 Å². The predicted octanol–water partition coefficient (Wildman–Crippen LogP) is 3.88. The molecule has 1 aliphatic heterocycles. The monoisotopic (exact) mass is 311 g/mol. The Hall–Kier alpha value is -1.94. The van der Waals surface area contributed by atoms with Gasteiger partial charge in [0.15, 0.2) is 0 Å². The summed E-state index contributed by atoms with van der Waals surface area (Å²) in [6, 6.07) is 18.9. The van der Waals surface area contributed by atoms with Crippen molar-refractivity contribution in [1.29, 1.82) is 0 Å². The van der Waals surface area contributed by atoms with Crippen molar-refractivity contribution in [2.24, 2.45) is 4.99 Å². The van der Waals surface area contributed by atoms with Crippen molar-refractivity contribution in [3.8, 4) is 0 Å². The molecule has 22 heavy (non-hydrogen) atoms. The van der Waals surface area contributed by atoms with Gasteiger partial charge in [-0.15, -0.1) is 0 Å². The van der Waals surface area contributed by atoms with Crippen LogP contribution in [0.15, 0.2) is 59.6 Å². The maximum absolute atomic E-state index is 4.57. The van der Waals surface area contributed by atoms with E-state index in [1.54, 1.807) is 0 Å². The molecule has 2 aromatic carbocycles. The number of nitrogens with one attached hydrogen (secondary N) is 1. The molecular formula is C18H21N3S. The van der Waals surface area contributed by atoms with Crippen LogP contribution in [-0.4, -0.2) is 31.7 Å². The zero-order valence-corrected chi connectivity index (χ0v) is 13.6. The number of benzene rings is 2. The Bertz CT molecular complexity index is 627. The van der Waals surface area contributed by atoms with Crippen LogP contribution in [0.1, 0.15) is 5.56 Å². The van der Waals surface area contributed by atoms with Gasteiger partial charge in [0, 0.05) is 31.3 Å². The molecule has 1 heterocycles. The number of anilines is 2. The molecule has 2 aromatic rings. The Morgan fingerprint density at radius 3 is 2.73 bits per heavy atom. The van der Waals surface area contributed by atoms with Gasteiger partial charge in [0.2, 0.25) is 0 Å². The lowest BCUT2D eigenvalue weighted by molar-refractivity contribution is 0.927. The number of rotatable bonds is 6. The van der Waals surface area contributed by atoms with E-state index in [0.29, 0.717) is 0 Å². The van der Waals surface area contributed by atoms with Crippen molar-refractivity contribution in [1.82, 2.24) is 0 Å². The first-order valence-corrected chi connectivity index (χ1v) is 8.70. The first-order chi connectivity index (χ1) is 10.8. The van der Waals surface area contributed by atoms with Crippen LogP contribution >= 0.6 is 11.8 Å². The molecule has 1 aliphatic rings. The normalized spacial score (nSPS) is 16.8. The van der Waals surface area contributed by atoms with Crippen LogP contribution in [0.3, 0.4) is 0 Å². The highest BCUT2D eigenvalue weighted by atomic mass is 32.2. The topological polar surface area (TPSA) is 27.6 Å². The molecule has 0 spiro atoms. The number of fused-ring (bicyclic) bond motifs is 1. The smallest absolute Gasteiger partial charge is 0.135 e. The number of thioether (sulfide) groups is 1. The van der Waals surface area contributed by atoms with Crippen LogP contribution in [0.25, 0.3) is 0 Å². The van der Waals surface area contributed by atoms with Gasteiger partial charge in [0.25, 0.3) is 0 Å². The Morgan fingerprint density at radius 2 is 1.91 bits per heavy atom. The first kappa shape index (κ1) is 15.0. The molecule has 0 bridgehead atoms. The average Bonchev–Trinajstić information content (AvgIpc) is 2.88. The van der Waals surface area contributed by atoms with E-state index >= 15 is 0 Å². The van der Waals surface area contributed by atoms with Gasteiger partial charge in [-0.2, -0.15) is 11.8 Å². The highest BCUT2D eigenvalue weighted by molar-refractivity contribution is 7.98. The molecule has 0 amide bonds. The van der Waals surface area contributed by atoms with Gasteiger partial charge in [0.05, 0.1) is 11.4 Å². The van der Waals surface area contributed by atoms with Gasteiger partial charge in [0.1, 0.15) is 6.17 Å². The molecular weight excluding hydrogens is 290 g/mol. The molecule has 114 valence electrons. The van der Waals surface area contributed by atoms with Crippen LogP contribution in [0.5, 0.6) is 0 Å². The molecule has 0 saturated heterocycles. The Balaban J connectivity index is 1.40. The van der Waals surface area contributed by atoms with E-state index in [1.807, 2.05) is 18.0 Å². The second-order valence-electron chi connectivity index (χ2n) is 5.31. The lowest BCUT2D eigenvalue weighted by atomic mass is 10.2. The minimum Gasteiger partial charge on any atom is -0.359 e. The Kier molecular flexibility index (Phi) is 5.01. The van der Waals surface area contributed by atoms with Crippen molar-refractivity contribution in [3.05, 3.63) is 60.2 Å². The standard InChI is InChI=1S/C18H21N3S/c1-21-17-10-6-5-9-16(17)20-18(21)13-19-11-12-22-14-15-7-3-2-4-8-15/h2-10,13,18,20H,11-12,14H2,1H3. The van der Waals surface area contributed by atoms with Crippen molar-refractivity contribution in [2.75, 3.05) is 29.6 Å². The summed E-state index contributed by atoms with van der Waals surface area (Å²) in [4.78, 5) is 6.79. The number of para-hydroxylation sites is 2. The second-order valence-corrected chi connectivity index (χ2v) is 6.42. The second kappa shape index (κ2) is 7.36. The summed E-state index contributed by atoms with van der Waals surface area (Å²) in [5, 5.41) is 3.47. The lowest BCUT2D eigenvalue weighted by Crippen LogP contribution is -2.33. The molecule has 3 rings (SSSR count). The molecule has 1 N–H and O–H groups in total. The third-order valence-electron chi connectivity index (χ3n) is 3.73. The molecule has 0 radical (unpaired) electrons. The quantitative estimate of drug-likeness (QED) is 0.648. The SMILES string of the molecule is CN1c2ccccc2NC1C=NCCSCc1ccccc1. The number of nitrogens with zero attached hydrogens (tertiary/aromatic N) is 2. The maximum Gasteiger partial charge on any atom is 0.135 e. The molecule has 0 fully saturated rings. The summed E-state index contributed by atoms with van der Waals surface area (Å²) < 4.78 is 0.